The Morgan fingerprint density at radius 2 is 2.00 bits per heavy atom. The number of rotatable bonds is 1. The molecular weight excluding hydrogens is 463 g/mol. The number of benzene rings is 1. The van der Waals surface area contributed by atoms with E-state index in [2.05, 4.69) is 52.6 Å². The van der Waals surface area contributed by atoms with Crippen LogP contribution in [0.1, 0.15) is 55.2 Å². The summed E-state index contributed by atoms with van der Waals surface area (Å²) in [4.78, 5) is 6.65. The van der Waals surface area contributed by atoms with E-state index in [9.17, 15) is 0 Å². The van der Waals surface area contributed by atoms with Crippen LogP contribution in [-0.2, 0) is 21.6 Å². The summed E-state index contributed by atoms with van der Waals surface area (Å²) in [6, 6.07) is 6.72. The quantitative estimate of drug-likeness (QED) is 0.474. The minimum atomic E-state index is -0.488. The lowest BCUT2D eigenvalue weighted by atomic mass is 9.63. The van der Waals surface area contributed by atoms with Crippen molar-refractivity contribution in [1.82, 2.24) is 5.06 Å². The van der Waals surface area contributed by atoms with Crippen LogP contribution in [0.2, 0.25) is 0 Å². The van der Waals surface area contributed by atoms with Crippen molar-refractivity contribution in [2.75, 3.05) is 14.2 Å². The molecule has 0 saturated heterocycles. The minimum absolute atomic E-state index is 0.0266. The summed E-state index contributed by atoms with van der Waals surface area (Å²) in [5, 5.41) is 1.77. The molecule has 2 N–H and O–H groups in total. The maximum Gasteiger partial charge on any atom is 0.161 e. The van der Waals surface area contributed by atoms with Gasteiger partial charge in [0, 0.05) is 31.1 Å². The average Bonchev–Trinajstić information content (AvgIpc) is 3.47. The third kappa shape index (κ3) is 2.64. The highest BCUT2D eigenvalue weighted by molar-refractivity contribution is 14.1. The summed E-state index contributed by atoms with van der Waals surface area (Å²) in [6.07, 6.45) is 8.17. The predicted molar refractivity (Wildman–Crippen MR) is 117 cm³/mol. The van der Waals surface area contributed by atoms with Crippen LogP contribution < -0.4 is 5.73 Å². The molecule has 0 amide bonds. The highest BCUT2D eigenvalue weighted by Gasteiger charge is 2.65. The van der Waals surface area contributed by atoms with E-state index in [0.717, 1.165) is 47.1 Å². The molecular formula is C23H27IN2O2. The number of nitrogens with two attached hydrogens (primary N) is 1. The molecule has 5 rings (SSSR count). The van der Waals surface area contributed by atoms with Crippen LogP contribution in [0.15, 0.2) is 27.6 Å². The number of fused-ring (bicyclic) bond motifs is 3. The van der Waals surface area contributed by atoms with E-state index in [1.165, 1.54) is 24.0 Å². The standard InChI is InChI=1S/C23H27IN2O2/c1-26-21(25)20(24)23(28-26)19-13-16(6-5-15-3-4-15)7-8-17(19)14-22(23)11-9-18(27-2)10-12-22/h7-8,13,15,18H,3-4,9-12,14,25H2,1-2H3. The van der Waals surface area contributed by atoms with E-state index in [1.807, 2.05) is 14.2 Å². The Bertz CT molecular complexity index is 903. The summed E-state index contributed by atoms with van der Waals surface area (Å²) in [7, 11) is 3.75. The molecule has 0 bridgehead atoms. The molecule has 5 heteroatoms. The third-order valence-electron chi connectivity index (χ3n) is 7.13. The van der Waals surface area contributed by atoms with Gasteiger partial charge in [-0.1, -0.05) is 17.9 Å². The van der Waals surface area contributed by atoms with Crippen molar-refractivity contribution >= 4 is 22.6 Å². The highest BCUT2D eigenvalue weighted by Crippen LogP contribution is 2.66. The number of hydroxylamine groups is 2. The number of halogens is 1. The van der Waals surface area contributed by atoms with E-state index in [-0.39, 0.29) is 5.41 Å². The topological polar surface area (TPSA) is 47.7 Å². The first kappa shape index (κ1) is 18.8. The monoisotopic (exact) mass is 490 g/mol. The van der Waals surface area contributed by atoms with Gasteiger partial charge in [-0.25, -0.2) is 5.06 Å². The van der Waals surface area contributed by atoms with E-state index >= 15 is 0 Å². The van der Waals surface area contributed by atoms with E-state index in [1.54, 1.807) is 5.06 Å². The lowest BCUT2D eigenvalue weighted by Gasteiger charge is -2.47. The van der Waals surface area contributed by atoms with Gasteiger partial charge in [0.1, 0.15) is 5.82 Å². The van der Waals surface area contributed by atoms with E-state index in [0.29, 0.717) is 12.0 Å². The van der Waals surface area contributed by atoms with Crippen LogP contribution in [0.25, 0.3) is 0 Å². The zero-order valence-corrected chi connectivity index (χ0v) is 18.7. The van der Waals surface area contributed by atoms with Crippen LogP contribution in [0.3, 0.4) is 0 Å². The largest absolute Gasteiger partial charge is 0.383 e. The smallest absolute Gasteiger partial charge is 0.161 e. The summed E-state index contributed by atoms with van der Waals surface area (Å²) in [5.74, 6) is 8.13. The summed E-state index contributed by atoms with van der Waals surface area (Å²) in [6.45, 7) is 0. The van der Waals surface area contributed by atoms with Crippen molar-refractivity contribution < 1.29 is 9.57 Å². The SMILES string of the molecule is COC1CCC2(CC1)Cc1ccc(C#CC3CC3)cc1C21ON(C)C(N)=C1I. The molecule has 0 aromatic heterocycles. The Morgan fingerprint density at radius 1 is 1.25 bits per heavy atom. The molecule has 3 aliphatic carbocycles. The molecule has 0 radical (unpaired) electrons. The second kappa shape index (κ2) is 6.65. The van der Waals surface area contributed by atoms with Crippen molar-refractivity contribution in [2.45, 2.75) is 56.7 Å². The van der Waals surface area contributed by atoms with Gasteiger partial charge in [0.15, 0.2) is 5.60 Å². The van der Waals surface area contributed by atoms with Crippen LogP contribution in [0.5, 0.6) is 0 Å². The van der Waals surface area contributed by atoms with Crippen LogP contribution in [-0.4, -0.2) is 25.3 Å². The molecule has 4 nitrogen and oxygen atoms in total. The van der Waals surface area contributed by atoms with Crippen molar-refractivity contribution in [3.8, 4) is 11.8 Å². The Balaban J connectivity index is 1.62. The van der Waals surface area contributed by atoms with Gasteiger partial charge in [-0.2, -0.15) is 0 Å². The molecule has 1 aliphatic heterocycles. The summed E-state index contributed by atoms with van der Waals surface area (Å²) in [5.41, 5.74) is 9.72. The zero-order valence-electron chi connectivity index (χ0n) is 16.6. The second-order valence-electron chi connectivity index (χ2n) is 8.78. The molecule has 1 aromatic carbocycles. The van der Waals surface area contributed by atoms with Gasteiger partial charge >= 0.3 is 0 Å². The fourth-order valence-corrected chi connectivity index (χ4v) is 6.64. The van der Waals surface area contributed by atoms with Crippen molar-refractivity contribution in [1.29, 1.82) is 0 Å². The van der Waals surface area contributed by atoms with Gasteiger partial charge in [0.05, 0.1) is 9.68 Å². The fraction of sp³-hybridized carbons (Fsp3) is 0.565. The number of ether oxygens (including phenoxy) is 1. The number of hydrogen-bond donors (Lipinski definition) is 1. The molecule has 2 fully saturated rings. The van der Waals surface area contributed by atoms with Crippen LogP contribution in [0.4, 0.5) is 0 Å². The normalized spacial score (nSPS) is 34.1. The Kier molecular flexibility index (Phi) is 4.46. The maximum atomic E-state index is 6.65. The second-order valence-corrected chi connectivity index (χ2v) is 9.86. The van der Waals surface area contributed by atoms with Crippen molar-refractivity contribution in [2.24, 2.45) is 17.1 Å². The van der Waals surface area contributed by atoms with Gasteiger partial charge in [-0.15, -0.1) is 0 Å². The third-order valence-corrected chi connectivity index (χ3v) is 8.45. The first-order valence-electron chi connectivity index (χ1n) is 10.3. The minimum Gasteiger partial charge on any atom is -0.383 e. The molecule has 148 valence electrons. The molecule has 1 heterocycles. The molecule has 4 aliphatic rings. The van der Waals surface area contributed by atoms with Gasteiger partial charge in [-0.3, -0.25) is 4.84 Å². The molecule has 1 unspecified atom stereocenters. The summed E-state index contributed by atoms with van der Waals surface area (Å²) < 4.78 is 6.78. The summed E-state index contributed by atoms with van der Waals surface area (Å²) >= 11 is 2.43. The lowest BCUT2D eigenvalue weighted by Crippen LogP contribution is -2.47. The van der Waals surface area contributed by atoms with Gasteiger partial charge in [0.2, 0.25) is 0 Å². The van der Waals surface area contributed by atoms with Crippen molar-refractivity contribution in [3.05, 3.63) is 44.3 Å². The highest BCUT2D eigenvalue weighted by atomic mass is 127. The number of methoxy groups -OCH3 is 1. The Morgan fingerprint density at radius 3 is 2.61 bits per heavy atom. The van der Waals surface area contributed by atoms with Gasteiger partial charge in [0.25, 0.3) is 0 Å². The Hall–Kier alpha value is -1.23. The lowest BCUT2D eigenvalue weighted by molar-refractivity contribution is -0.228. The van der Waals surface area contributed by atoms with Crippen LogP contribution >= 0.6 is 22.6 Å². The zero-order chi connectivity index (χ0) is 19.5. The maximum absolute atomic E-state index is 6.65. The molecule has 2 saturated carbocycles. The predicted octanol–water partition coefficient (Wildman–Crippen LogP) is 4.21. The first-order chi connectivity index (χ1) is 13.5. The Labute approximate surface area is 180 Å². The number of nitrogens with zero attached hydrogens (tertiary/aromatic N) is 1. The van der Waals surface area contributed by atoms with Crippen LogP contribution in [0, 0.1) is 23.2 Å². The first-order valence-corrected chi connectivity index (χ1v) is 11.3. The van der Waals surface area contributed by atoms with E-state index in [4.69, 9.17) is 15.3 Å². The molecule has 1 atom stereocenters. The van der Waals surface area contributed by atoms with Gasteiger partial charge < -0.3 is 10.5 Å². The fourth-order valence-electron chi connectivity index (χ4n) is 5.34. The molecule has 2 spiro atoms. The average molecular weight is 490 g/mol. The van der Waals surface area contributed by atoms with Crippen molar-refractivity contribution in [3.63, 3.8) is 0 Å². The number of hydrogen-bond acceptors (Lipinski definition) is 4. The molecule has 1 aromatic rings. The van der Waals surface area contributed by atoms with E-state index < -0.39 is 5.60 Å². The van der Waals surface area contributed by atoms with Gasteiger partial charge in [-0.05, 0) is 90.8 Å². The molecule has 28 heavy (non-hydrogen) atoms.